The van der Waals surface area contributed by atoms with E-state index in [-0.39, 0.29) is 12.5 Å². The summed E-state index contributed by atoms with van der Waals surface area (Å²) < 4.78 is 16.5. The number of methoxy groups -OCH3 is 2. The quantitative estimate of drug-likeness (QED) is 0.364. The monoisotopic (exact) mass is 458 g/mol. The Morgan fingerprint density at radius 1 is 1.00 bits per heavy atom. The van der Waals surface area contributed by atoms with Crippen LogP contribution in [0.15, 0.2) is 65.8 Å². The fourth-order valence-electron chi connectivity index (χ4n) is 2.70. The second-order valence-corrected chi connectivity index (χ2v) is 7.16. The Kier molecular flexibility index (Phi) is 7.76. The SMILES string of the molecule is COc1ccc(C(=O)N/N=C\c2cccc(OC)c2OCc2ccc(Cl)c(Cl)c2)cc1. The van der Waals surface area contributed by atoms with Crippen LogP contribution in [0.4, 0.5) is 0 Å². The number of nitrogens with zero attached hydrogens (tertiary/aromatic N) is 1. The van der Waals surface area contributed by atoms with E-state index >= 15 is 0 Å². The van der Waals surface area contributed by atoms with Crippen LogP contribution < -0.4 is 19.6 Å². The van der Waals surface area contributed by atoms with Crippen LogP contribution in [0.5, 0.6) is 17.2 Å². The van der Waals surface area contributed by atoms with Gasteiger partial charge in [0.15, 0.2) is 11.5 Å². The first-order chi connectivity index (χ1) is 15.0. The summed E-state index contributed by atoms with van der Waals surface area (Å²) in [6, 6.07) is 17.4. The van der Waals surface area contributed by atoms with Crippen molar-refractivity contribution in [3.8, 4) is 17.2 Å². The van der Waals surface area contributed by atoms with Crippen LogP contribution in [0, 0.1) is 0 Å². The fraction of sp³-hybridized carbons (Fsp3) is 0.130. The normalized spacial score (nSPS) is 10.7. The molecule has 0 heterocycles. The third-order valence-corrected chi connectivity index (χ3v) is 5.06. The summed E-state index contributed by atoms with van der Waals surface area (Å²) >= 11 is 12.0. The van der Waals surface area contributed by atoms with Gasteiger partial charge in [0, 0.05) is 11.1 Å². The molecule has 0 aliphatic rings. The van der Waals surface area contributed by atoms with E-state index in [1.54, 1.807) is 68.8 Å². The predicted octanol–water partition coefficient (Wildman–Crippen LogP) is 5.35. The minimum atomic E-state index is -0.347. The first-order valence-electron chi connectivity index (χ1n) is 9.23. The van der Waals surface area contributed by atoms with Gasteiger partial charge in [-0.1, -0.05) is 35.3 Å². The molecule has 31 heavy (non-hydrogen) atoms. The van der Waals surface area contributed by atoms with Crippen LogP contribution in [0.1, 0.15) is 21.5 Å². The minimum Gasteiger partial charge on any atom is -0.497 e. The van der Waals surface area contributed by atoms with Crippen LogP contribution in [-0.4, -0.2) is 26.3 Å². The number of ether oxygens (including phenoxy) is 3. The van der Waals surface area contributed by atoms with Gasteiger partial charge >= 0.3 is 0 Å². The Balaban J connectivity index is 1.72. The van der Waals surface area contributed by atoms with E-state index in [1.165, 1.54) is 6.21 Å². The molecule has 0 aliphatic carbocycles. The third-order valence-electron chi connectivity index (χ3n) is 4.32. The molecule has 0 unspecified atom stereocenters. The highest BCUT2D eigenvalue weighted by atomic mass is 35.5. The number of rotatable bonds is 8. The van der Waals surface area contributed by atoms with E-state index in [0.29, 0.717) is 38.4 Å². The van der Waals surface area contributed by atoms with Crippen molar-refractivity contribution in [2.24, 2.45) is 5.10 Å². The number of benzene rings is 3. The fourth-order valence-corrected chi connectivity index (χ4v) is 3.02. The second-order valence-electron chi connectivity index (χ2n) is 6.34. The highest BCUT2D eigenvalue weighted by molar-refractivity contribution is 6.42. The summed E-state index contributed by atoms with van der Waals surface area (Å²) in [6.45, 7) is 0.246. The van der Waals surface area contributed by atoms with Crippen LogP contribution in [0.3, 0.4) is 0 Å². The van der Waals surface area contributed by atoms with Crippen molar-refractivity contribution in [3.05, 3.63) is 87.4 Å². The predicted molar refractivity (Wildman–Crippen MR) is 122 cm³/mol. The number of carbonyl (C=O) groups excluding carboxylic acids is 1. The largest absolute Gasteiger partial charge is 0.497 e. The van der Waals surface area contributed by atoms with Gasteiger partial charge in [0.05, 0.1) is 30.5 Å². The van der Waals surface area contributed by atoms with E-state index < -0.39 is 0 Å². The lowest BCUT2D eigenvalue weighted by Crippen LogP contribution is -2.17. The molecule has 0 atom stereocenters. The van der Waals surface area contributed by atoms with Crippen molar-refractivity contribution < 1.29 is 19.0 Å². The molecule has 0 saturated heterocycles. The third kappa shape index (κ3) is 5.90. The second kappa shape index (κ2) is 10.7. The van der Waals surface area contributed by atoms with Crippen LogP contribution >= 0.6 is 23.2 Å². The maximum absolute atomic E-state index is 12.3. The number of halogens is 2. The molecule has 0 spiro atoms. The number of hydrogen-bond acceptors (Lipinski definition) is 5. The van der Waals surface area contributed by atoms with Gasteiger partial charge in [-0.05, 0) is 54.1 Å². The summed E-state index contributed by atoms with van der Waals surface area (Å²) in [5, 5.41) is 4.97. The molecule has 0 radical (unpaired) electrons. The van der Waals surface area contributed by atoms with Crippen molar-refractivity contribution in [2.75, 3.05) is 14.2 Å². The zero-order valence-electron chi connectivity index (χ0n) is 16.9. The molecule has 3 rings (SSSR count). The lowest BCUT2D eigenvalue weighted by Gasteiger charge is -2.13. The van der Waals surface area contributed by atoms with Gasteiger partial charge in [0.1, 0.15) is 12.4 Å². The Morgan fingerprint density at radius 3 is 2.45 bits per heavy atom. The Hall–Kier alpha value is -3.22. The average molecular weight is 459 g/mol. The van der Waals surface area contributed by atoms with Crippen LogP contribution in [-0.2, 0) is 6.61 Å². The Bertz CT molecular complexity index is 1090. The average Bonchev–Trinajstić information content (AvgIpc) is 2.80. The molecule has 1 amide bonds. The smallest absolute Gasteiger partial charge is 0.271 e. The summed E-state index contributed by atoms with van der Waals surface area (Å²) in [6.07, 6.45) is 1.49. The number of carbonyl (C=O) groups is 1. The molecule has 0 aromatic heterocycles. The molecular formula is C23H20Cl2N2O4. The number of amides is 1. The maximum atomic E-state index is 12.3. The van der Waals surface area contributed by atoms with E-state index in [9.17, 15) is 4.79 Å². The van der Waals surface area contributed by atoms with Gasteiger partial charge in [0.25, 0.3) is 5.91 Å². The van der Waals surface area contributed by atoms with Crippen molar-refractivity contribution in [1.29, 1.82) is 0 Å². The lowest BCUT2D eigenvalue weighted by atomic mass is 10.2. The van der Waals surface area contributed by atoms with Gasteiger partial charge in [-0.2, -0.15) is 5.10 Å². The molecule has 0 fully saturated rings. The topological polar surface area (TPSA) is 69.2 Å². The van der Waals surface area contributed by atoms with Gasteiger partial charge in [-0.3, -0.25) is 4.79 Å². The van der Waals surface area contributed by atoms with E-state index in [1.807, 2.05) is 6.07 Å². The van der Waals surface area contributed by atoms with Crippen LogP contribution in [0.25, 0.3) is 0 Å². The number of hydrazone groups is 1. The molecule has 1 N–H and O–H groups in total. The van der Waals surface area contributed by atoms with Crippen molar-refractivity contribution in [3.63, 3.8) is 0 Å². The molecule has 3 aromatic carbocycles. The van der Waals surface area contributed by atoms with E-state index in [4.69, 9.17) is 37.4 Å². The summed E-state index contributed by atoms with van der Waals surface area (Å²) in [5.41, 5.74) is 4.43. The molecule has 3 aromatic rings. The number of para-hydroxylation sites is 1. The summed E-state index contributed by atoms with van der Waals surface area (Å²) in [5.74, 6) is 1.34. The number of nitrogens with one attached hydrogen (secondary N) is 1. The molecule has 160 valence electrons. The molecule has 0 saturated carbocycles. The Morgan fingerprint density at radius 2 is 1.77 bits per heavy atom. The van der Waals surface area contributed by atoms with Gasteiger partial charge in [-0.15, -0.1) is 0 Å². The zero-order chi connectivity index (χ0) is 22.2. The van der Waals surface area contributed by atoms with Crippen molar-refractivity contribution in [1.82, 2.24) is 5.43 Å². The standard InChI is InChI=1S/C23H20Cl2N2O4/c1-29-18-9-7-16(8-10-18)23(28)27-26-13-17-4-3-5-21(30-2)22(17)31-14-15-6-11-19(24)20(25)12-15/h3-13H,14H2,1-2H3,(H,27,28)/b26-13-. The van der Waals surface area contributed by atoms with E-state index in [0.717, 1.165) is 5.56 Å². The van der Waals surface area contributed by atoms with Crippen LogP contribution in [0.2, 0.25) is 10.0 Å². The van der Waals surface area contributed by atoms with Gasteiger partial charge in [0.2, 0.25) is 0 Å². The maximum Gasteiger partial charge on any atom is 0.271 e. The first-order valence-corrected chi connectivity index (χ1v) is 9.98. The number of hydrogen-bond donors (Lipinski definition) is 1. The van der Waals surface area contributed by atoms with Crippen molar-refractivity contribution in [2.45, 2.75) is 6.61 Å². The molecule has 8 heteroatoms. The van der Waals surface area contributed by atoms with E-state index in [2.05, 4.69) is 10.5 Å². The highest BCUT2D eigenvalue weighted by Gasteiger charge is 2.11. The Labute approximate surface area is 190 Å². The molecule has 0 aliphatic heterocycles. The highest BCUT2D eigenvalue weighted by Crippen LogP contribution is 2.31. The molecule has 0 bridgehead atoms. The minimum absolute atomic E-state index is 0.246. The summed E-state index contributed by atoms with van der Waals surface area (Å²) in [7, 11) is 3.11. The lowest BCUT2D eigenvalue weighted by molar-refractivity contribution is 0.0955. The summed E-state index contributed by atoms with van der Waals surface area (Å²) in [4.78, 5) is 12.3. The first kappa shape index (κ1) is 22.5. The van der Waals surface area contributed by atoms with Gasteiger partial charge in [-0.25, -0.2) is 5.43 Å². The zero-order valence-corrected chi connectivity index (χ0v) is 18.4. The molecule has 6 nitrogen and oxygen atoms in total. The molecular weight excluding hydrogens is 439 g/mol. The van der Waals surface area contributed by atoms with Gasteiger partial charge < -0.3 is 14.2 Å². The van der Waals surface area contributed by atoms with Crippen molar-refractivity contribution >= 4 is 35.3 Å².